The van der Waals surface area contributed by atoms with Crippen molar-refractivity contribution in [3.8, 4) is 5.75 Å². The molecule has 4 rings (SSSR count). The van der Waals surface area contributed by atoms with Gasteiger partial charge in [-0.05, 0) is 78.5 Å². The number of fused-ring (bicyclic) bond motifs is 5. The molecule has 2 fully saturated rings. The molecule has 0 aliphatic heterocycles. The predicted octanol–water partition coefficient (Wildman–Crippen LogP) is 4.26. The Morgan fingerprint density at radius 3 is 2.67 bits per heavy atom. The van der Waals surface area contributed by atoms with Gasteiger partial charge in [-0.2, -0.15) is 0 Å². The quantitative estimate of drug-likeness (QED) is 0.808. The lowest BCUT2D eigenvalue weighted by molar-refractivity contribution is -0.0607. The Kier molecular flexibility index (Phi) is 4.94. The minimum Gasteiger partial charge on any atom is -0.508 e. The number of phenols is 1. The lowest BCUT2D eigenvalue weighted by atomic mass is 9.55. The Balaban J connectivity index is 0.000000815. The molecule has 0 spiro atoms. The first kappa shape index (κ1) is 17.8. The third kappa shape index (κ3) is 2.57. The molecule has 2 saturated carbocycles. The SMILES string of the molecule is CC.CO[C@H]1C[C@H]2[C@@H]3CCc4cc(O)ccc4[C@H]3CC[C@]2(C)[C@H]1O. The van der Waals surface area contributed by atoms with E-state index >= 15 is 0 Å². The van der Waals surface area contributed by atoms with Crippen molar-refractivity contribution in [1.29, 1.82) is 0 Å². The molecule has 6 atom stereocenters. The number of phenolic OH excluding ortho intramolecular Hbond substituents is 1. The van der Waals surface area contributed by atoms with Gasteiger partial charge in [-0.15, -0.1) is 0 Å². The molecule has 0 saturated heterocycles. The first-order valence-electron chi connectivity index (χ1n) is 9.57. The summed E-state index contributed by atoms with van der Waals surface area (Å²) in [6.45, 7) is 6.27. The Morgan fingerprint density at radius 2 is 1.96 bits per heavy atom. The van der Waals surface area contributed by atoms with Crippen LogP contribution in [0.15, 0.2) is 18.2 Å². The van der Waals surface area contributed by atoms with Crippen molar-refractivity contribution in [3.05, 3.63) is 29.3 Å². The molecular formula is C21H32O3. The van der Waals surface area contributed by atoms with Gasteiger partial charge in [0.25, 0.3) is 0 Å². The van der Waals surface area contributed by atoms with Crippen molar-refractivity contribution < 1.29 is 14.9 Å². The van der Waals surface area contributed by atoms with Crippen LogP contribution in [0.2, 0.25) is 0 Å². The van der Waals surface area contributed by atoms with Crippen molar-refractivity contribution in [3.63, 3.8) is 0 Å². The molecule has 2 N–H and O–H groups in total. The highest BCUT2D eigenvalue weighted by atomic mass is 16.5. The Morgan fingerprint density at radius 1 is 1.21 bits per heavy atom. The number of hydrogen-bond acceptors (Lipinski definition) is 3. The van der Waals surface area contributed by atoms with Crippen LogP contribution < -0.4 is 0 Å². The lowest BCUT2D eigenvalue weighted by Gasteiger charge is -2.49. The van der Waals surface area contributed by atoms with Crippen LogP contribution in [-0.2, 0) is 11.2 Å². The second-order valence-corrected chi connectivity index (χ2v) is 7.80. The van der Waals surface area contributed by atoms with Crippen LogP contribution in [0.1, 0.15) is 63.5 Å². The Labute approximate surface area is 146 Å². The van der Waals surface area contributed by atoms with Gasteiger partial charge in [-0.1, -0.05) is 26.8 Å². The van der Waals surface area contributed by atoms with E-state index in [4.69, 9.17) is 4.74 Å². The van der Waals surface area contributed by atoms with Crippen LogP contribution in [0, 0.1) is 17.3 Å². The number of ether oxygens (including phenoxy) is 1. The van der Waals surface area contributed by atoms with Crippen molar-refractivity contribution in [1.82, 2.24) is 0 Å². The van der Waals surface area contributed by atoms with Gasteiger partial charge >= 0.3 is 0 Å². The lowest BCUT2D eigenvalue weighted by Crippen LogP contribution is -2.45. The summed E-state index contributed by atoms with van der Waals surface area (Å²) in [5.41, 5.74) is 2.77. The van der Waals surface area contributed by atoms with E-state index in [0.29, 0.717) is 23.5 Å². The first-order chi connectivity index (χ1) is 11.5. The van der Waals surface area contributed by atoms with E-state index < -0.39 is 0 Å². The zero-order chi connectivity index (χ0) is 17.5. The highest BCUT2D eigenvalue weighted by Crippen LogP contribution is 2.61. The summed E-state index contributed by atoms with van der Waals surface area (Å²) >= 11 is 0. The number of aromatic hydroxyl groups is 1. The fourth-order valence-corrected chi connectivity index (χ4v) is 5.76. The van der Waals surface area contributed by atoms with Gasteiger partial charge in [0.1, 0.15) is 5.75 Å². The van der Waals surface area contributed by atoms with E-state index in [2.05, 4.69) is 13.0 Å². The molecule has 0 unspecified atom stereocenters. The minimum atomic E-state index is -0.329. The molecule has 0 amide bonds. The highest BCUT2D eigenvalue weighted by molar-refractivity contribution is 5.40. The van der Waals surface area contributed by atoms with Gasteiger partial charge in [-0.3, -0.25) is 0 Å². The van der Waals surface area contributed by atoms with Crippen LogP contribution in [0.3, 0.4) is 0 Å². The second-order valence-electron chi connectivity index (χ2n) is 7.80. The zero-order valence-electron chi connectivity index (χ0n) is 15.5. The standard InChI is InChI=1S/C19H26O3.C2H6/c1-19-8-7-14-13-6-4-12(20)9-11(13)3-5-15(14)16(19)10-17(22-2)18(19)21;1-2/h4,6,9,14-18,20-21H,3,5,7-8,10H2,1-2H3;1-2H3/t14-,15-,16+,17+,18+,19+;/m1./s1. The van der Waals surface area contributed by atoms with Crippen LogP contribution in [0.25, 0.3) is 0 Å². The topological polar surface area (TPSA) is 49.7 Å². The maximum absolute atomic E-state index is 10.7. The Hall–Kier alpha value is -1.06. The van der Waals surface area contributed by atoms with E-state index in [1.54, 1.807) is 7.11 Å². The van der Waals surface area contributed by atoms with Crippen molar-refractivity contribution in [2.24, 2.45) is 17.3 Å². The van der Waals surface area contributed by atoms with E-state index in [0.717, 1.165) is 25.7 Å². The van der Waals surface area contributed by atoms with Crippen LogP contribution in [0.4, 0.5) is 0 Å². The molecule has 0 bridgehead atoms. The van der Waals surface area contributed by atoms with E-state index in [9.17, 15) is 10.2 Å². The van der Waals surface area contributed by atoms with Gasteiger partial charge < -0.3 is 14.9 Å². The van der Waals surface area contributed by atoms with Gasteiger partial charge in [0, 0.05) is 7.11 Å². The van der Waals surface area contributed by atoms with Crippen LogP contribution in [0.5, 0.6) is 5.75 Å². The normalized spacial score (nSPS) is 40.0. The predicted molar refractivity (Wildman–Crippen MR) is 96.3 cm³/mol. The molecule has 1 aromatic rings. The third-order valence-corrected chi connectivity index (χ3v) is 6.96. The zero-order valence-corrected chi connectivity index (χ0v) is 15.5. The maximum Gasteiger partial charge on any atom is 0.115 e. The first-order valence-corrected chi connectivity index (χ1v) is 9.57. The molecular weight excluding hydrogens is 300 g/mol. The number of aliphatic hydroxyl groups is 1. The van der Waals surface area contributed by atoms with Gasteiger partial charge in [0.2, 0.25) is 0 Å². The molecule has 3 heteroatoms. The van der Waals surface area contributed by atoms with Crippen LogP contribution >= 0.6 is 0 Å². The second kappa shape index (κ2) is 6.68. The molecule has 24 heavy (non-hydrogen) atoms. The molecule has 0 aromatic heterocycles. The smallest absolute Gasteiger partial charge is 0.115 e. The summed E-state index contributed by atoms with van der Waals surface area (Å²) < 4.78 is 5.56. The summed E-state index contributed by atoms with van der Waals surface area (Å²) in [4.78, 5) is 0. The van der Waals surface area contributed by atoms with Gasteiger partial charge in [-0.25, -0.2) is 0 Å². The number of methoxy groups -OCH3 is 1. The molecule has 3 aliphatic rings. The summed E-state index contributed by atoms with van der Waals surface area (Å²) in [6, 6.07) is 5.90. The molecule has 1 aromatic carbocycles. The molecule has 134 valence electrons. The fourth-order valence-electron chi connectivity index (χ4n) is 5.76. The van der Waals surface area contributed by atoms with E-state index in [1.807, 2.05) is 26.0 Å². The average molecular weight is 332 g/mol. The highest BCUT2D eigenvalue weighted by Gasteiger charge is 2.58. The number of rotatable bonds is 1. The molecule has 3 nitrogen and oxygen atoms in total. The average Bonchev–Trinajstić information content (AvgIpc) is 2.87. The number of benzene rings is 1. The van der Waals surface area contributed by atoms with Crippen molar-refractivity contribution >= 4 is 0 Å². The summed E-state index contributed by atoms with van der Waals surface area (Å²) in [5, 5.41) is 20.4. The number of aliphatic hydroxyl groups excluding tert-OH is 1. The summed E-state index contributed by atoms with van der Waals surface area (Å²) in [5.74, 6) is 2.16. The fraction of sp³-hybridized carbons (Fsp3) is 0.714. The van der Waals surface area contributed by atoms with Crippen molar-refractivity contribution in [2.45, 2.75) is 71.0 Å². The molecule has 0 radical (unpaired) electrons. The van der Waals surface area contributed by atoms with E-state index in [1.165, 1.54) is 17.5 Å². The van der Waals surface area contributed by atoms with Gasteiger partial charge in [0.15, 0.2) is 0 Å². The van der Waals surface area contributed by atoms with E-state index in [-0.39, 0.29) is 17.6 Å². The van der Waals surface area contributed by atoms with Gasteiger partial charge in [0.05, 0.1) is 12.2 Å². The third-order valence-electron chi connectivity index (χ3n) is 6.96. The maximum atomic E-state index is 10.7. The Bertz CT molecular complexity index is 584. The molecule has 0 heterocycles. The van der Waals surface area contributed by atoms with Crippen LogP contribution in [-0.4, -0.2) is 29.5 Å². The van der Waals surface area contributed by atoms with Crippen molar-refractivity contribution in [2.75, 3.05) is 7.11 Å². The molecule has 3 aliphatic carbocycles. The monoisotopic (exact) mass is 332 g/mol. The number of hydrogen-bond donors (Lipinski definition) is 2. The summed E-state index contributed by atoms with van der Waals surface area (Å²) in [7, 11) is 1.73. The largest absolute Gasteiger partial charge is 0.508 e. The summed E-state index contributed by atoms with van der Waals surface area (Å²) in [6.07, 6.45) is 5.08. The number of aryl methyl sites for hydroxylation is 1. The minimum absolute atomic E-state index is 0.00466.